The molecular formula is C17H21NO3. The summed E-state index contributed by atoms with van der Waals surface area (Å²) in [6.45, 7) is 3.30. The van der Waals surface area contributed by atoms with E-state index in [1.807, 2.05) is 29.2 Å². The summed E-state index contributed by atoms with van der Waals surface area (Å²) in [7, 11) is 0. The Kier molecular flexibility index (Phi) is 4.13. The number of carbonyl (C=O) groups excluding carboxylic acids is 1. The monoisotopic (exact) mass is 287 g/mol. The van der Waals surface area contributed by atoms with E-state index >= 15 is 0 Å². The van der Waals surface area contributed by atoms with E-state index < -0.39 is 0 Å². The van der Waals surface area contributed by atoms with E-state index in [4.69, 9.17) is 9.47 Å². The van der Waals surface area contributed by atoms with Crippen molar-refractivity contribution in [1.82, 2.24) is 4.90 Å². The van der Waals surface area contributed by atoms with Crippen LogP contribution in [0.1, 0.15) is 38.2 Å². The summed E-state index contributed by atoms with van der Waals surface area (Å²) in [5.41, 5.74) is 0.956. The Morgan fingerprint density at radius 1 is 1.33 bits per heavy atom. The molecule has 0 spiro atoms. The van der Waals surface area contributed by atoms with E-state index in [-0.39, 0.29) is 12.7 Å². The minimum atomic E-state index is 0.110. The van der Waals surface area contributed by atoms with Gasteiger partial charge in [0, 0.05) is 18.7 Å². The van der Waals surface area contributed by atoms with Crippen LogP contribution in [0.4, 0.5) is 0 Å². The molecule has 4 heteroatoms. The van der Waals surface area contributed by atoms with Crippen LogP contribution in [0.25, 0.3) is 6.08 Å². The SMILES string of the molecule is CC[C@H]1CCCCN1C(=O)/C=C/c1ccc2c(c1)OCO2. The zero-order valence-electron chi connectivity index (χ0n) is 12.4. The van der Waals surface area contributed by atoms with Crippen molar-refractivity contribution in [2.75, 3.05) is 13.3 Å². The van der Waals surface area contributed by atoms with Crippen LogP contribution in [0.15, 0.2) is 24.3 Å². The van der Waals surface area contributed by atoms with Crippen LogP contribution in [-0.2, 0) is 4.79 Å². The second kappa shape index (κ2) is 6.20. The van der Waals surface area contributed by atoms with E-state index in [9.17, 15) is 4.79 Å². The van der Waals surface area contributed by atoms with E-state index in [1.54, 1.807) is 6.08 Å². The van der Waals surface area contributed by atoms with Gasteiger partial charge in [-0.3, -0.25) is 4.79 Å². The summed E-state index contributed by atoms with van der Waals surface area (Å²) in [6.07, 6.45) is 8.02. The van der Waals surface area contributed by atoms with Gasteiger partial charge in [-0.2, -0.15) is 0 Å². The smallest absolute Gasteiger partial charge is 0.246 e. The van der Waals surface area contributed by atoms with Crippen molar-refractivity contribution < 1.29 is 14.3 Å². The fourth-order valence-corrected chi connectivity index (χ4v) is 3.00. The molecule has 3 rings (SSSR count). The lowest BCUT2D eigenvalue weighted by Crippen LogP contribution is -2.42. The van der Waals surface area contributed by atoms with Crippen LogP contribution in [-0.4, -0.2) is 30.2 Å². The second-order valence-corrected chi connectivity index (χ2v) is 5.54. The Morgan fingerprint density at radius 3 is 3.05 bits per heavy atom. The summed E-state index contributed by atoms with van der Waals surface area (Å²) >= 11 is 0. The summed E-state index contributed by atoms with van der Waals surface area (Å²) in [5.74, 6) is 1.62. The minimum Gasteiger partial charge on any atom is -0.454 e. The average Bonchev–Trinajstić information content (AvgIpc) is 3.00. The Bertz CT molecular complexity index is 553. The molecule has 1 aromatic rings. The Labute approximate surface area is 125 Å². The van der Waals surface area contributed by atoms with Crippen LogP contribution in [0, 0.1) is 0 Å². The summed E-state index contributed by atoms with van der Waals surface area (Å²) in [5, 5.41) is 0. The highest BCUT2D eigenvalue weighted by molar-refractivity contribution is 5.92. The molecule has 1 fully saturated rings. The minimum absolute atomic E-state index is 0.110. The Morgan fingerprint density at radius 2 is 2.19 bits per heavy atom. The maximum Gasteiger partial charge on any atom is 0.246 e. The van der Waals surface area contributed by atoms with Gasteiger partial charge in [0.05, 0.1) is 0 Å². The number of carbonyl (C=O) groups is 1. The van der Waals surface area contributed by atoms with Crippen molar-refractivity contribution in [3.8, 4) is 11.5 Å². The molecule has 4 nitrogen and oxygen atoms in total. The van der Waals surface area contributed by atoms with Gasteiger partial charge in [-0.15, -0.1) is 0 Å². The highest BCUT2D eigenvalue weighted by Gasteiger charge is 2.23. The van der Waals surface area contributed by atoms with Crippen molar-refractivity contribution in [3.05, 3.63) is 29.8 Å². The van der Waals surface area contributed by atoms with Crippen molar-refractivity contribution in [3.63, 3.8) is 0 Å². The maximum absolute atomic E-state index is 12.4. The lowest BCUT2D eigenvalue weighted by atomic mass is 10.00. The van der Waals surface area contributed by atoms with Crippen LogP contribution in [0.2, 0.25) is 0 Å². The quantitative estimate of drug-likeness (QED) is 0.801. The normalized spacial score (nSPS) is 21.0. The molecule has 1 saturated heterocycles. The molecule has 0 unspecified atom stereocenters. The molecule has 21 heavy (non-hydrogen) atoms. The molecule has 0 N–H and O–H groups in total. The number of hydrogen-bond donors (Lipinski definition) is 0. The van der Waals surface area contributed by atoms with Crippen LogP contribution in [0.5, 0.6) is 11.5 Å². The predicted octanol–water partition coefficient (Wildman–Crippen LogP) is 3.22. The van der Waals surface area contributed by atoms with E-state index in [2.05, 4.69) is 6.92 Å². The number of nitrogens with zero attached hydrogens (tertiary/aromatic N) is 1. The van der Waals surface area contributed by atoms with Gasteiger partial charge in [0.1, 0.15) is 0 Å². The topological polar surface area (TPSA) is 38.8 Å². The summed E-state index contributed by atoms with van der Waals surface area (Å²) in [4.78, 5) is 14.4. The fraction of sp³-hybridized carbons (Fsp3) is 0.471. The number of ether oxygens (including phenoxy) is 2. The average molecular weight is 287 g/mol. The van der Waals surface area contributed by atoms with Crippen molar-refractivity contribution >= 4 is 12.0 Å². The fourth-order valence-electron chi connectivity index (χ4n) is 3.00. The van der Waals surface area contributed by atoms with E-state index in [0.717, 1.165) is 42.9 Å². The molecule has 0 radical (unpaired) electrons. The lowest BCUT2D eigenvalue weighted by Gasteiger charge is -2.34. The lowest BCUT2D eigenvalue weighted by molar-refractivity contribution is -0.129. The number of fused-ring (bicyclic) bond motifs is 1. The van der Waals surface area contributed by atoms with E-state index in [1.165, 1.54) is 6.42 Å². The van der Waals surface area contributed by atoms with E-state index in [0.29, 0.717) is 6.04 Å². The Hall–Kier alpha value is -1.97. The third-order valence-corrected chi connectivity index (χ3v) is 4.20. The molecule has 2 aliphatic rings. The number of amides is 1. The van der Waals surface area contributed by atoms with Crippen molar-refractivity contribution in [2.24, 2.45) is 0 Å². The largest absolute Gasteiger partial charge is 0.454 e. The first kappa shape index (κ1) is 14.0. The highest BCUT2D eigenvalue weighted by atomic mass is 16.7. The van der Waals surface area contributed by atoms with Crippen LogP contribution >= 0.6 is 0 Å². The molecule has 0 aromatic heterocycles. The first-order valence-electron chi connectivity index (χ1n) is 7.66. The molecule has 2 aliphatic heterocycles. The van der Waals surface area contributed by atoms with Crippen LogP contribution in [0.3, 0.4) is 0 Å². The molecule has 0 bridgehead atoms. The predicted molar refractivity (Wildman–Crippen MR) is 81.2 cm³/mol. The summed E-state index contributed by atoms with van der Waals surface area (Å²) < 4.78 is 10.6. The first-order valence-corrected chi connectivity index (χ1v) is 7.66. The maximum atomic E-state index is 12.4. The molecule has 2 heterocycles. The molecule has 112 valence electrons. The number of benzene rings is 1. The van der Waals surface area contributed by atoms with Gasteiger partial charge < -0.3 is 14.4 Å². The number of likely N-dealkylation sites (tertiary alicyclic amines) is 1. The van der Waals surface area contributed by atoms with Crippen molar-refractivity contribution in [1.29, 1.82) is 0 Å². The molecule has 0 aliphatic carbocycles. The zero-order valence-corrected chi connectivity index (χ0v) is 12.4. The number of hydrogen-bond acceptors (Lipinski definition) is 3. The first-order chi connectivity index (χ1) is 10.3. The highest BCUT2D eigenvalue weighted by Crippen LogP contribution is 2.32. The summed E-state index contributed by atoms with van der Waals surface area (Å²) in [6, 6.07) is 6.11. The molecule has 0 saturated carbocycles. The third-order valence-electron chi connectivity index (χ3n) is 4.20. The van der Waals surface area contributed by atoms with Gasteiger partial charge in [-0.05, 0) is 49.5 Å². The van der Waals surface area contributed by atoms with Crippen LogP contribution < -0.4 is 9.47 Å². The third kappa shape index (κ3) is 3.04. The van der Waals surface area contributed by atoms with Gasteiger partial charge in [0.15, 0.2) is 11.5 Å². The molecule has 1 amide bonds. The van der Waals surface area contributed by atoms with Gasteiger partial charge in [-0.25, -0.2) is 0 Å². The van der Waals surface area contributed by atoms with Crippen molar-refractivity contribution in [2.45, 2.75) is 38.6 Å². The standard InChI is InChI=1S/C17H21NO3/c1-2-14-5-3-4-10-18(14)17(19)9-7-13-6-8-15-16(11-13)21-12-20-15/h6-9,11,14H,2-5,10,12H2,1H3/b9-7+/t14-/m0/s1. The molecular weight excluding hydrogens is 266 g/mol. The Balaban J connectivity index is 1.68. The number of rotatable bonds is 3. The molecule has 1 atom stereocenters. The zero-order chi connectivity index (χ0) is 14.7. The van der Waals surface area contributed by atoms with Gasteiger partial charge in [0.2, 0.25) is 12.7 Å². The number of piperidine rings is 1. The van der Waals surface area contributed by atoms with Gasteiger partial charge in [0.25, 0.3) is 0 Å². The van der Waals surface area contributed by atoms with Gasteiger partial charge in [-0.1, -0.05) is 13.0 Å². The molecule has 1 aromatic carbocycles. The van der Waals surface area contributed by atoms with Gasteiger partial charge >= 0.3 is 0 Å². The second-order valence-electron chi connectivity index (χ2n) is 5.54.